The number of para-hydroxylation sites is 1. The Labute approximate surface area is 140 Å². The Morgan fingerprint density at radius 3 is 2.54 bits per heavy atom. The molecule has 1 aromatic carbocycles. The first-order valence-electron chi connectivity index (χ1n) is 7.52. The van der Waals surface area contributed by atoms with Gasteiger partial charge in [0.05, 0.1) is 13.2 Å². The average Bonchev–Trinajstić information content (AvgIpc) is 2.58. The number of carbonyl (C=O) groups is 4. The Balaban J connectivity index is 2.94. The Bertz CT molecular complexity index is 640. The van der Waals surface area contributed by atoms with Crippen LogP contribution < -0.4 is 5.32 Å². The molecule has 0 radical (unpaired) electrons. The summed E-state index contributed by atoms with van der Waals surface area (Å²) in [6, 6.07) is 6.91. The molecular formula is C17H20N2O5. The smallest absolute Gasteiger partial charge is 0.417 e. The van der Waals surface area contributed by atoms with E-state index in [1.54, 1.807) is 38.1 Å². The van der Waals surface area contributed by atoms with E-state index >= 15 is 0 Å². The zero-order chi connectivity index (χ0) is 17.9. The molecular weight excluding hydrogens is 312 g/mol. The summed E-state index contributed by atoms with van der Waals surface area (Å²) in [5.74, 6) is -0.839. The maximum absolute atomic E-state index is 12.1. The third-order valence-corrected chi connectivity index (χ3v) is 2.97. The highest BCUT2D eigenvalue weighted by Crippen LogP contribution is 2.17. The van der Waals surface area contributed by atoms with Crippen molar-refractivity contribution in [3.8, 4) is 0 Å². The third kappa shape index (κ3) is 5.68. The maximum Gasteiger partial charge on any atom is 0.417 e. The van der Waals surface area contributed by atoms with Crippen molar-refractivity contribution >= 4 is 36.0 Å². The van der Waals surface area contributed by atoms with E-state index in [-0.39, 0.29) is 12.5 Å². The molecule has 0 aliphatic carbocycles. The summed E-state index contributed by atoms with van der Waals surface area (Å²) in [4.78, 5) is 46.6. The molecule has 24 heavy (non-hydrogen) atoms. The van der Waals surface area contributed by atoms with Gasteiger partial charge in [-0.2, -0.15) is 0 Å². The van der Waals surface area contributed by atoms with Crippen molar-refractivity contribution in [2.45, 2.75) is 20.3 Å². The number of hydrogen-bond donors (Lipinski definition) is 1. The van der Waals surface area contributed by atoms with Gasteiger partial charge in [-0.1, -0.05) is 25.1 Å². The van der Waals surface area contributed by atoms with Crippen molar-refractivity contribution in [1.29, 1.82) is 0 Å². The van der Waals surface area contributed by atoms with Crippen LogP contribution in [-0.4, -0.2) is 42.2 Å². The van der Waals surface area contributed by atoms with Gasteiger partial charge in [0.15, 0.2) is 0 Å². The van der Waals surface area contributed by atoms with Gasteiger partial charge in [-0.05, 0) is 24.6 Å². The van der Waals surface area contributed by atoms with E-state index in [0.717, 1.165) is 6.08 Å². The van der Waals surface area contributed by atoms with E-state index < -0.39 is 18.5 Å². The number of rotatable bonds is 7. The number of anilines is 1. The van der Waals surface area contributed by atoms with Gasteiger partial charge in [-0.15, -0.1) is 0 Å². The van der Waals surface area contributed by atoms with Crippen LogP contribution in [0.1, 0.15) is 25.8 Å². The summed E-state index contributed by atoms with van der Waals surface area (Å²) in [6.45, 7) is 3.03. The van der Waals surface area contributed by atoms with E-state index in [1.807, 2.05) is 0 Å². The first-order chi connectivity index (χ1) is 11.5. The van der Waals surface area contributed by atoms with Crippen molar-refractivity contribution in [2.75, 3.05) is 18.5 Å². The molecule has 1 aromatic rings. The molecule has 0 spiro atoms. The molecule has 0 atom stereocenters. The van der Waals surface area contributed by atoms with Gasteiger partial charge >= 0.3 is 6.09 Å². The van der Waals surface area contributed by atoms with Crippen LogP contribution in [-0.2, 0) is 19.1 Å². The number of ether oxygens (including phenoxy) is 1. The fourth-order valence-electron chi connectivity index (χ4n) is 1.78. The fourth-order valence-corrected chi connectivity index (χ4v) is 1.78. The zero-order valence-electron chi connectivity index (χ0n) is 13.7. The van der Waals surface area contributed by atoms with Crippen LogP contribution in [0.3, 0.4) is 0 Å². The summed E-state index contributed by atoms with van der Waals surface area (Å²) in [5.41, 5.74) is 1.15. The highest BCUT2D eigenvalue weighted by atomic mass is 16.6. The molecule has 0 bridgehead atoms. The topological polar surface area (TPSA) is 92.8 Å². The highest BCUT2D eigenvalue weighted by molar-refractivity contribution is 6.03. The molecule has 1 N–H and O–H groups in total. The SMILES string of the molecule is CCOC(=O)N(CC=O)C(=O)/C=C/c1ccccc1NC(=O)CC. The largest absolute Gasteiger partial charge is 0.449 e. The zero-order valence-corrected chi connectivity index (χ0v) is 13.7. The Kier molecular flexibility index (Phi) is 7.90. The van der Waals surface area contributed by atoms with Crippen LogP contribution >= 0.6 is 0 Å². The number of nitrogens with zero attached hydrogens (tertiary/aromatic N) is 1. The fraction of sp³-hybridized carbons (Fsp3) is 0.294. The van der Waals surface area contributed by atoms with Crippen LogP contribution in [0.2, 0.25) is 0 Å². The quantitative estimate of drug-likeness (QED) is 0.610. The number of hydrogen-bond acceptors (Lipinski definition) is 5. The normalized spacial score (nSPS) is 10.2. The molecule has 7 nitrogen and oxygen atoms in total. The van der Waals surface area contributed by atoms with Gasteiger partial charge in [-0.3, -0.25) is 9.59 Å². The lowest BCUT2D eigenvalue weighted by Gasteiger charge is -2.15. The highest BCUT2D eigenvalue weighted by Gasteiger charge is 2.20. The first-order valence-corrected chi connectivity index (χ1v) is 7.52. The van der Waals surface area contributed by atoms with Crippen molar-refractivity contribution in [3.05, 3.63) is 35.9 Å². The lowest BCUT2D eigenvalue weighted by Crippen LogP contribution is -2.37. The predicted molar refractivity (Wildman–Crippen MR) is 89.2 cm³/mol. The Hall–Kier alpha value is -2.96. The molecule has 0 unspecified atom stereocenters. The lowest BCUT2D eigenvalue weighted by atomic mass is 10.1. The molecule has 0 aromatic heterocycles. The van der Waals surface area contributed by atoms with Crippen LogP contribution in [0.4, 0.5) is 10.5 Å². The first kappa shape index (κ1) is 19.1. The Morgan fingerprint density at radius 2 is 1.92 bits per heavy atom. The molecule has 3 amide bonds. The van der Waals surface area contributed by atoms with E-state index in [1.165, 1.54) is 6.08 Å². The molecule has 0 saturated carbocycles. The van der Waals surface area contributed by atoms with Gasteiger partial charge in [0.2, 0.25) is 5.91 Å². The molecule has 0 aliphatic heterocycles. The van der Waals surface area contributed by atoms with Crippen molar-refractivity contribution in [1.82, 2.24) is 4.90 Å². The van der Waals surface area contributed by atoms with E-state index in [0.29, 0.717) is 28.9 Å². The third-order valence-electron chi connectivity index (χ3n) is 2.97. The summed E-state index contributed by atoms with van der Waals surface area (Å²) in [7, 11) is 0. The summed E-state index contributed by atoms with van der Waals surface area (Å²) < 4.78 is 4.74. The van der Waals surface area contributed by atoms with Crippen molar-refractivity contribution in [2.24, 2.45) is 0 Å². The molecule has 0 fully saturated rings. The maximum atomic E-state index is 12.1. The van der Waals surface area contributed by atoms with Crippen molar-refractivity contribution in [3.63, 3.8) is 0 Å². The minimum atomic E-state index is -0.883. The van der Waals surface area contributed by atoms with Gasteiger partial charge in [0.1, 0.15) is 6.29 Å². The van der Waals surface area contributed by atoms with Crippen LogP contribution in [0.15, 0.2) is 30.3 Å². The van der Waals surface area contributed by atoms with Crippen LogP contribution in [0, 0.1) is 0 Å². The van der Waals surface area contributed by atoms with E-state index in [2.05, 4.69) is 5.32 Å². The number of nitrogens with one attached hydrogen (secondary N) is 1. The number of amides is 3. The van der Waals surface area contributed by atoms with Crippen LogP contribution in [0.5, 0.6) is 0 Å². The minimum Gasteiger partial charge on any atom is -0.449 e. The van der Waals surface area contributed by atoms with Crippen molar-refractivity contribution < 1.29 is 23.9 Å². The number of imide groups is 1. The standard InChI is InChI=1S/C17H20N2O5/c1-3-15(21)18-14-8-6-5-7-13(14)9-10-16(22)19(11-12-20)17(23)24-4-2/h5-10,12H,3-4,11H2,1-2H3,(H,18,21)/b10-9+. The molecule has 0 saturated heterocycles. The second-order valence-corrected chi connectivity index (χ2v) is 4.64. The monoisotopic (exact) mass is 332 g/mol. The average molecular weight is 332 g/mol. The molecule has 0 heterocycles. The number of benzene rings is 1. The predicted octanol–water partition coefficient (Wildman–Crippen LogP) is 2.23. The van der Waals surface area contributed by atoms with Gasteiger partial charge in [-0.25, -0.2) is 9.69 Å². The molecule has 1 rings (SSSR count). The lowest BCUT2D eigenvalue weighted by molar-refractivity contribution is -0.126. The molecule has 7 heteroatoms. The summed E-state index contributed by atoms with van der Waals surface area (Å²) >= 11 is 0. The van der Waals surface area contributed by atoms with E-state index in [4.69, 9.17) is 4.74 Å². The number of carbonyl (C=O) groups excluding carboxylic acids is 4. The van der Waals surface area contributed by atoms with E-state index in [9.17, 15) is 19.2 Å². The van der Waals surface area contributed by atoms with Crippen LogP contribution in [0.25, 0.3) is 6.08 Å². The Morgan fingerprint density at radius 1 is 1.21 bits per heavy atom. The summed E-state index contributed by atoms with van der Waals surface area (Å²) in [5, 5.41) is 2.72. The minimum absolute atomic E-state index is 0.0943. The molecule has 128 valence electrons. The number of aldehydes is 1. The second-order valence-electron chi connectivity index (χ2n) is 4.64. The van der Waals surface area contributed by atoms with Gasteiger partial charge < -0.3 is 14.8 Å². The van der Waals surface area contributed by atoms with Gasteiger partial charge in [0, 0.05) is 18.2 Å². The molecule has 0 aliphatic rings. The second kappa shape index (κ2) is 9.94. The summed E-state index contributed by atoms with van der Waals surface area (Å²) in [6.07, 6.45) is 2.50. The van der Waals surface area contributed by atoms with Gasteiger partial charge in [0.25, 0.3) is 5.91 Å².